The van der Waals surface area contributed by atoms with Gasteiger partial charge >= 0.3 is 17.2 Å². The van der Waals surface area contributed by atoms with Crippen molar-refractivity contribution in [2.75, 3.05) is 0 Å². The van der Waals surface area contributed by atoms with Gasteiger partial charge in [-0.1, -0.05) is 0 Å². The molecule has 7 heteroatoms. The molecule has 0 fully saturated rings. The lowest BCUT2D eigenvalue weighted by atomic mass is 10.5. The fourth-order valence-corrected chi connectivity index (χ4v) is 1.28. The molecule has 0 saturated heterocycles. The molecule has 0 aromatic rings. The first-order valence-corrected chi connectivity index (χ1v) is 4.83. The highest BCUT2D eigenvalue weighted by molar-refractivity contribution is 7.54. The van der Waals surface area contributed by atoms with E-state index in [0.717, 1.165) is 0 Å². The zero-order chi connectivity index (χ0) is 8.15. The van der Waals surface area contributed by atoms with Crippen molar-refractivity contribution in [2.24, 2.45) is 0 Å². The van der Waals surface area contributed by atoms with E-state index in [0.29, 0.717) is 0 Å². The zero-order valence-electron chi connectivity index (χ0n) is 5.63. The molecule has 0 aliphatic carbocycles. The van der Waals surface area contributed by atoms with Gasteiger partial charge in [-0.15, -0.1) is 0 Å². The maximum Gasteiger partial charge on any atom is 0.337 e. The highest BCUT2D eigenvalue weighted by Crippen LogP contribution is 2.46. The molecule has 10 heavy (non-hydrogen) atoms. The summed E-state index contributed by atoms with van der Waals surface area (Å²) < 4.78 is 8.79. The first-order chi connectivity index (χ1) is 4.52. The van der Waals surface area contributed by atoms with E-state index in [-0.39, 0.29) is 6.10 Å². The minimum absolute atomic E-state index is 0.189. The van der Waals surface area contributed by atoms with Gasteiger partial charge in [-0.25, -0.2) is 4.31 Å². The standard InChI is InChI=1S/C3H10O5P2/c1-3(2)7-10(6)8-9(4)5/h3-6H,1-2H3. The van der Waals surface area contributed by atoms with Crippen LogP contribution in [0.15, 0.2) is 0 Å². The van der Waals surface area contributed by atoms with Crippen LogP contribution < -0.4 is 0 Å². The number of hydrogen-bond donors (Lipinski definition) is 3. The summed E-state index contributed by atoms with van der Waals surface area (Å²) in [5.41, 5.74) is 0. The number of rotatable bonds is 4. The molecule has 0 spiro atoms. The Hall–Kier alpha value is 0.660. The minimum Gasteiger partial charge on any atom is -0.328 e. The summed E-state index contributed by atoms with van der Waals surface area (Å²) in [5.74, 6) is 0. The first-order valence-electron chi connectivity index (χ1n) is 2.54. The SMILES string of the molecule is CC(C)OP(O)OP(O)O. The maximum absolute atomic E-state index is 8.71. The van der Waals surface area contributed by atoms with Crippen LogP contribution in [0.5, 0.6) is 0 Å². The fourth-order valence-electron chi connectivity index (χ4n) is 0.262. The van der Waals surface area contributed by atoms with Gasteiger partial charge in [0.05, 0.1) is 6.10 Å². The molecule has 0 aromatic carbocycles. The van der Waals surface area contributed by atoms with E-state index < -0.39 is 17.2 Å². The van der Waals surface area contributed by atoms with E-state index in [1.54, 1.807) is 13.8 Å². The fraction of sp³-hybridized carbons (Fsp3) is 1.00. The highest BCUT2D eigenvalue weighted by Gasteiger charge is 2.13. The van der Waals surface area contributed by atoms with Crippen LogP contribution in [0, 0.1) is 0 Å². The van der Waals surface area contributed by atoms with Gasteiger partial charge in [-0.3, -0.25) is 0 Å². The van der Waals surface area contributed by atoms with Crippen LogP contribution in [0.3, 0.4) is 0 Å². The van der Waals surface area contributed by atoms with Crippen molar-refractivity contribution >= 4 is 17.2 Å². The molecule has 3 N–H and O–H groups in total. The van der Waals surface area contributed by atoms with Crippen molar-refractivity contribution in [1.82, 2.24) is 0 Å². The Labute approximate surface area is 61.6 Å². The van der Waals surface area contributed by atoms with Gasteiger partial charge in [0.1, 0.15) is 0 Å². The average Bonchev–Trinajstić information content (AvgIpc) is 1.58. The Morgan fingerprint density at radius 1 is 1.20 bits per heavy atom. The van der Waals surface area contributed by atoms with Crippen molar-refractivity contribution < 1.29 is 23.5 Å². The van der Waals surface area contributed by atoms with Crippen LogP contribution in [-0.4, -0.2) is 20.8 Å². The Morgan fingerprint density at radius 2 is 1.70 bits per heavy atom. The smallest absolute Gasteiger partial charge is 0.328 e. The second kappa shape index (κ2) is 5.33. The Bertz CT molecular complexity index is 77.0. The van der Waals surface area contributed by atoms with Gasteiger partial charge in [-0.05, 0) is 13.8 Å². The maximum atomic E-state index is 8.71. The summed E-state index contributed by atoms with van der Waals surface area (Å²) in [6.45, 7) is 3.40. The summed E-state index contributed by atoms with van der Waals surface area (Å²) in [4.78, 5) is 25.1. The molecule has 0 amide bonds. The van der Waals surface area contributed by atoms with Crippen molar-refractivity contribution in [3.63, 3.8) is 0 Å². The molecule has 0 heterocycles. The van der Waals surface area contributed by atoms with E-state index in [1.165, 1.54) is 0 Å². The lowest BCUT2D eigenvalue weighted by Crippen LogP contribution is -1.97. The molecule has 0 rings (SSSR count). The molecule has 0 saturated carbocycles. The molecule has 0 bridgehead atoms. The van der Waals surface area contributed by atoms with E-state index in [1.807, 2.05) is 0 Å². The third-order valence-corrected chi connectivity index (χ3v) is 2.19. The Morgan fingerprint density at radius 3 is 2.00 bits per heavy atom. The van der Waals surface area contributed by atoms with Crippen molar-refractivity contribution in [1.29, 1.82) is 0 Å². The number of hydrogen-bond acceptors (Lipinski definition) is 5. The Kier molecular flexibility index (Phi) is 5.68. The van der Waals surface area contributed by atoms with Gasteiger partial charge in [0, 0.05) is 0 Å². The van der Waals surface area contributed by atoms with Crippen molar-refractivity contribution in [2.45, 2.75) is 20.0 Å². The van der Waals surface area contributed by atoms with Gasteiger partial charge in [0.2, 0.25) is 0 Å². The summed E-state index contributed by atoms with van der Waals surface area (Å²) in [6, 6.07) is 0. The van der Waals surface area contributed by atoms with Gasteiger partial charge in [-0.2, -0.15) is 0 Å². The Balaban J connectivity index is 3.34. The zero-order valence-corrected chi connectivity index (χ0v) is 7.42. The van der Waals surface area contributed by atoms with Crippen LogP contribution in [0.25, 0.3) is 0 Å². The highest BCUT2D eigenvalue weighted by atomic mass is 31.2. The second-order valence-corrected chi connectivity index (χ2v) is 3.57. The molecule has 5 nitrogen and oxygen atoms in total. The van der Waals surface area contributed by atoms with Gasteiger partial charge in [0.25, 0.3) is 0 Å². The van der Waals surface area contributed by atoms with E-state index in [2.05, 4.69) is 8.83 Å². The second-order valence-electron chi connectivity index (χ2n) is 1.73. The molecule has 0 aliphatic rings. The van der Waals surface area contributed by atoms with Gasteiger partial charge in [0.15, 0.2) is 0 Å². The van der Waals surface area contributed by atoms with Crippen LogP contribution in [-0.2, 0) is 8.83 Å². The van der Waals surface area contributed by atoms with Crippen LogP contribution >= 0.6 is 17.2 Å². The molecule has 0 aliphatic heterocycles. The normalized spacial score (nSPS) is 14.7. The third kappa shape index (κ3) is 6.78. The topological polar surface area (TPSA) is 79.2 Å². The van der Waals surface area contributed by atoms with Crippen molar-refractivity contribution in [3.8, 4) is 0 Å². The van der Waals surface area contributed by atoms with Gasteiger partial charge < -0.3 is 19.2 Å². The molecule has 1 unspecified atom stereocenters. The van der Waals surface area contributed by atoms with Crippen LogP contribution in [0.4, 0.5) is 0 Å². The van der Waals surface area contributed by atoms with Crippen molar-refractivity contribution in [3.05, 3.63) is 0 Å². The lowest BCUT2D eigenvalue weighted by molar-refractivity contribution is 0.199. The lowest BCUT2D eigenvalue weighted by Gasteiger charge is -2.12. The average molecular weight is 188 g/mol. The molecule has 0 radical (unpaired) electrons. The minimum atomic E-state index is -2.52. The summed E-state index contributed by atoms with van der Waals surface area (Å²) >= 11 is 0. The first kappa shape index (κ1) is 10.7. The quantitative estimate of drug-likeness (QED) is 0.570. The van der Waals surface area contributed by atoms with E-state index in [9.17, 15) is 0 Å². The van der Waals surface area contributed by atoms with E-state index in [4.69, 9.17) is 14.7 Å². The monoisotopic (exact) mass is 188 g/mol. The predicted octanol–water partition coefficient (Wildman–Crippen LogP) is 0.859. The summed E-state index contributed by atoms with van der Waals surface area (Å²) in [5, 5.41) is 0. The molecule has 0 aromatic heterocycles. The molecular formula is C3H10O5P2. The third-order valence-electron chi connectivity index (χ3n) is 0.444. The summed E-state index contributed by atoms with van der Waals surface area (Å²) in [6.07, 6.45) is -0.189. The summed E-state index contributed by atoms with van der Waals surface area (Å²) in [7, 11) is -4.65. The molecule has 62 valence electrons. The predicted molar refractivity (Wildman–Crippen MR) is 37.8 cm³/mol. The molecule has 1 atom stereocenters. The molecular weight excluding hydrogens is 178 g/mol. The van der Waals surface area contributed by atoms with E-state index >= 15 is 0 Å². The largest absolute Gasteiger partial charge is 0.337 e. The van der Waals surface area contributed by atoms with Crippen LogP contribution in [0.2, 0.25) is 0 Å². The van der Waals surface area contributed by atoms with Crippen LogP contribution in [0.1, 0.15) is 13.8 Å².